The lowest BCUT2D eigenvalue weighted by molar-refractivity contribution is -0.115. The second-order valence-corrected chi connectivity index (χ2v) is 5.80. The molecule has 0 bridgehead atoms. The van der Waals surface area contributed by atoms with E-state index in [-0.39, 0.29) is 24.4 Å². The molecular formula is C18H20ClN3O2. The maximum absolute atomic E-state index is 12.0. The summed E-state index contributed by atoms with van der Waals surface area (Å²) in [5, 5.41) is 9.18. The van der Waals surface area contributed by atoms with Gasteiger partial charge >= 0.3 is 0 Å². The van der Waals surface area contributed by atoms with Crippen molar-refractivity contribution in [1.29, 1.82) is 0 Å². The molecule has 0 heterocycles. The van der Waals surface area contributed by atoms with Crippen molar-refractivity contribution in [2.24, 2.45) is 0 Å². The van der Waals surface area contributed by atoms with Gasteiger partial charge in [-0.3, -0.25) is 9.59 Å². The number of nitrogens with one attached hydrogen (secondary N) is 3. The highest BCUT2D eigenvalue weighted by Gasteiger charge is 2.09. The molecule has 2 amide bonds. The van der Waals surface area contributed by atoms with Crippen LogP contribution in [0.15, 0.2) is 48.5 Å². The number of hydrogen-bond donors (Lipinski definition) is 3. The van der Waals surface area contributed by atoms with Gasteiger partial charge in [-0.15, -0.1) is 0 Å². The minimum Gasteiger partial charge on any atom is -0.355 e. The molecule has 0 radical (unpaired) electrons. The zero-order valence-electron chi connectivity index (χ0n) is 13.6. The largest absolute Gasteiger partial charge is 0.355 e. The first-order valence-corrected chi connectivity index (χ1v) is 7.98. The van der Waals surface area contributed by atoms with Crippen molar-refractivity contribution in [2.75, 3.05) is 18.9 Å². The quantitative estimate of drug-likeness (QED) is 0.753. The van der Waals surface area contributed by atoms with Crippen molar-refractivity contribution in [3.8, 4) is 0 Å². The van der Waals surface area contributed by atoms with Crippen LogP contribution in [0.3, 0.4) is 0 Å². The predicted molar refractivity (Wildman–Crippen MR) is 96.3 cm³/mol. The number of halogens is 1. The van der Waals surface area contributed by atoms with Crippen LogP contribution in [0.2, 0.25) is 5.02 Å². The maximum atomic E-state index is 12.0. The Bertz CT molecular complexity index is 699. The van der Waals surface area contributed by atoms with Gasteiger partial charge in [0.1, 0.15) is 0 Å². The first-order chi connectivity index (χ1) is 11.5. The number of carbonyl (C=O) groups excluding carboxylic acids is 2. The van der Waals surface area contributed by atoms with Crippen molar-refractivity contribution in [3.63, 3.8) is 0 Å². The van der Waals surface area contributed by atoms with Crippen LogP contribution < -0.4 is 16.0 Å². The molecule has 0 saturated carbocycles. The molecule has 0 saturated heterocycles. The van der Waals surface area contributed by atoms with Gasteiger partial charge in [-0.25, -0.2) is 0 Å². The predicted octanol–water partition coefficient (Wildman–Crippen LogP) is 2.99. The average Bonchev–Trinajstić information content (AvgIpc) is 2.60. The van der Waals surface area contributed by atoms with Crippen LogP contribution in [0.4, 0.5) is 5.69 Å². The maximum Gasteiger partial charge on any atom is 0.251 e. The van der Waals surface area contributed by atoms with Gasteiger partial charge in [-0.1, -0.05) is 23.7 Å². The van der Waals surface area contributed by atoms with Gasteiger partial charge < -0.3 is 16.0 Å². The monoisotopic (exact) mass is 345 g/mol. The zero-order chi connectivity index (χ0) is 17.5. The molecule has 2 aromatic rings. The van der Waals surface area contributed by atoms with E-state index in [0.29, 0.717) is 16.3 Å². The second kappa shape index (κ2) is 8.47. The highest BCUT2D eigenvalue weighted by Crippen LogP contribution is 2.16. The zero-order valence-corrected chi connectivity index (χ0v) is 14.4. The standard InChI is InChI=1S/C18H20ClN3O2/c1-12(13-3-7-15(19)8-4-13)21-11-17(23)22-16-9-5-14(6-10-16)18(24)20-2/h3-10,12,21H,11H2,1-2H3,(H,20,24)(H,22,23)/t12-/m1/s1. The minimum absolute atomic E-state index is 0.0312. The van der Waals surface area contributed by atoms with E-state index in [1.165, 1.54) is 0 Å². The lowest BCUT2D eigenvalue weighted by Gasteiger charge is -2.14. The van der Waals surface area contributed by atoms with Gasteiger partial charge in [-0.05, 0) is 48.9 Å². The summed E-state index contributed by atoms with van der Waals surface area (Å²) in [6.07, 6.45) is 0. The summed E-state index contributed by atoms with van der Waals surface area (Å²) in [6.45, 7) is 2.16. The lowest BCUT2D eigenvalue weighted by atomic mass is 10.1. The Morgan fingerprint density at radius 3 is 2.25 bits per heavy atom. The molecule has 2 rings (SSSR count). The fraction of sp³-hybridized carbons (Fsp3) is 0.222. The molecule has 6 heteroatoms. The highest BCUT2D eigenvalue weighted by atomic mass is 35.5. The van der Waals surface area contributed by atoms with E-state index in [2.05, 4.69) is 16.0 Å². The summed E-state index contributed by atoms with van der Waals surface area (Å²) in [4.78, 5) is 23.5. The fourth-order valence-corrected chi connectivity index (χ4v) is 2.30. The molecule has 126 valence electrons. The van der Waals surface area contributed by atoms with Crippen molar-refractivity contribution >= 4 is 29.1 Å². The van der Waals surface area contributed by atoms with Crippen molar-refractivity contribution in [2.45, 2.75) is 13.0 Å². The molecule has 1 atom stereocenters. The van der Waals surface area contributed by atoms with Crippen LogP contribution in [-0.4, -0.2) is 25.4 Å². The SMILES string of the molecule is CNC(=O)c1ccc(NC(=O)CN[C@H](C)c2ccc(Cl)cc2)cc1. The topological polar surface area (TPSA) is 70.2 Å². The molecule has 0 aliphatic rings. The Balaban J connectivity index is 1.84. The van der Waals surface area contributed by atoms with E-state index in [0.717, 1.165) is 5.56 Å². The molecule has 0 spiro atoms. The van der Waals surface area contributed by atoms with E-state index in [1.54, 1.807) is 31.3 Å². The Morgan fingerprint density at radius 2 is 1.67 bits per heavy atom. The van der Waals surface area contributed by atoms with E-state index in [4.69, 9.17) is 11.6 Å². The van der Waals surface area contributed by atoms with Gasteiger partial charge in [0.2, 0.25) is 5.91 Å². The first-order valence-electron chi connectivity index (χ1n) is 7.60. The summed E-state index contributed by atoms with van der Waals surface area (Å²) in [5.74, 6) is -0.310. The number of hydrogen-bond acceptors (Lipinski definition) is 3. The number of amides is 2. The van der Waals surface area contributed by atoms with E-state index < -0.39 is 0 Å². The number of rotatable bonds is 6. The lowest BCUT2D eigenvalue weighted by Crippen LogP contribution is -2.30. The molecule has 3 N–H and O–H groups in total. The fourth-order valence-electron chi connectivity index (χ4n) is 2.17. The van der Waals surface area contributed by atoms with Crippen molar-refractivity contribution in [3.05, 3.63) is 64.7 Å². The third-order valence-corrected chi connectivity index (χ3v) is 3.85. The molecule has 0 aliphatic carbocycles. The number of benzene rings is 2. The van der Waals surface area contributed by atoms with Crippen LogP contribution >= 0.6 is 11.6 Å². The third kappa shape index (κ3) is 5.08. The van der Waals surface area contributed by atoms with Crippen LogP contribution in [0, 0.1) is 0 Å². The molecule has 0 aliphatic heterocycles. The summed E-state index contributed by atoms with van der Waals surface area (Å²) in [7, 11) is 1.57. The van der Waals surface area contributed by atoms with Crippen LogP contribution in [0.25, 0.3) is 0 Å². The van der Waals surface area contributed by atoms with Crippen LogP contribution in [-0.2, 0) is 4.79 Å². The van der Waals surface area contributed by atoms with E-state index in [1.807, 2.05) is 31.2 Å². The Labute approximate surface area is 146 Å². The third-order valence-electron chi connectivity index (χ3n) is 3.60. The van der Waals surface area contributed by atoms with Crippen molar-refractivity contribution in [1.82, 2.24) is 10.6 Å². The van der Waals surface area contributed by atoms with Crippen LogP contribution in [0.5, 0.6) is 0 Å². The van der Waals surface area contributed by atoms with Gasteiger partial charge in [0, 0.05) is 29.4 Å². The average molecular weight is 346 g/mol. The molecule has 0 unspecified atom stereocenters. The van der Waals surface area contributed by atoms with Gasteiger partial charge in [-0.2, -0.15) is 0 Å². The number of carbonyl (C=O) groups is 2. The molecule has 0 aromatic heterocycles. The molecule has 0 fully saturated rings. The van der Waals surface area contributed by atoms with E-state index >= 15 is 0 Å². The minimum atomic E-state index is -0.161. The Kier molecular flexibility index (Phi) is 6.35. The smallest absolute Gasteiger partial charge is 0.251 e. The molecule has 24 heavy (non-hydrogen) atoms. The van der Waals surface area contributed by atoms with Crippen molar-refractivity contribution < 1.29 is 9.59 Å². The Hall–Kier alpha value is -2.37. The number of anilines is 1. The van der Waals surface area contributed by atoms with E-state index in [9.17, 15) is 9.59 Å². The van der Waals surface area contributed by atoms with Gasteiger partial charge in [0.25, 0.3) is 5.91 Å². The molecule has 5 nitrogen and oxygen atoms in total. The normalized spacial score (nSPS) is 11.6. The Morgan fingerprint density at radius 1 is 1.04 bits per heavy atom. The summed E-state index contributed by atoms with van der Waals surface area (Å²) < 4.78 is 0. The first kappa shape index (κ1) is 18.0. The summed E-state index contributed by atoms with van der Waals surface area (Å²) in [5.41, 5.74) is 2.25. The second-order valence-electron chi connectivity index (χ2n) is 5.36. The molecular weight excluding hydrogens is 326 g/mol. The van der Waals surface area contributed by atoms with Crippen LogP contribution in [0.1, 0.15) is 28.9 Å². The van der Waals surface area contributed by atoms with Gasteiger partial charge in [0.15, 0.2) is 0 Å². The summed E-state index contributed by atoms with van der Waals surface area (Å²) in [6, 6.07) is 14.3. The highest BCUT2D eigenvalue weighted by molar-refractivity contribution is 6.30. The van der Waals surface area contributed by atoms with Gasteiger partial charge in [0.05, 0.1) is 6.54 Å². The summed E-state index contributed by atoms with van der Waals surface area (Å²) >= 11 is 5.86. The molecule has 2 aromatic carbocycles.